The average Bonchev–Trinajstić information content (AvgIpc) is 3.13. The Morgan fingerprint density at radius 2 is 2.14 bits per heavy atom. The molecule has 3 rings (SSSR count). The van der Waals surface area contributed by atoms with Gasteiger partial charge in [-0.2, -0.15) is 4.98 Å². The number of fused-ring (bicyclic) bond motifs is 1. The van der Waals surface area contributed by atoms with E-state index in [0.717, 1.165) is 0 Å². The lowest BCUT2D eigenvalue weighted by Crippen LogP contribution is -2.34. The Balaban J connectivity index is 1.75. The summed E-state index contributed by atoms with van der Waals surface area (Å²) in [5.74, 6) is -0.886. The summed E-state index contributed by atoms with van der Waals surface area (Å²) in [5.41, 5.74) is 1.17. The molecule has 1 aromatic rings. The molecule has 1 aromatic heterocycles. The van der Waals surface area contributed by atoms with Crippen molar-refractivity contribution in [1.82, 2.24) is 9.55 Å². The first-order valence-corrected chi connectivity index (χ1v) is 9.08. The molecule has 0 aliphatic carbocycles. The molecule has 11 nitrogen and oxygen atoms in total. The maximum absolute atomic E-state index is 12.3. The van der Waals surface area contributed by atoms with Crippen LogP contribution in [0.3, 0.4) is 0 Å². The molecule has 0 amide bonds. The number of nitrogens with one attached hydrogen (secondary N) is 1. The molecule has 28 heavy (non-hydrogen) atoms. The molecule has 3 heterocycles. The first kappa shape index (κ1) is 20.5. The highest BCUT2D eigenvalue weighted by atomic mass is 16.8. The molecule has 0 unspecified atom stereocenters. The number of rotatable bonds is 6. The van der Waals surface area contributed by atoms with Gasteiger partial charge in [0.1, 0.15) is 31.0 Å². The Kier molecular flexibility index (Phi) is 5.89. The van der Waals surface area contributed by atoms with Gasteiger partial charge >= 0.3 is 11.8 Å². The highest BCUT2D eigenvalue weighted by Gasteiger charge is 2.56. The summed E-state index contributed by atoms with van der Waals surface area (Å²) in [4.78, 5) is 27.8. The lowest BCUT2D eigenvalue weighted by atomic mass is 10.1. The summed E-state index contributed by atoms with van der Waals surface area (Å²) < 4.78 is 29.2. The normalized spacial score (nSPS) is 29.2. The number of ether oxygens (including phenoxy) is 5. The van der Waals surface area contributed by atoms with E-state index in [0.29, 0.717) is 6.42 Å². The minimum absolute atomic E-state index is 0.00684. The van der Waals surface area contributed by atoms with E-state index in [1.165, 1.54) is 16.8 Å². The average molecular weight is 399 g/mol. The van der Waals surface area contributed by atoms with Crippen molar-refractivity contribution < 1.29 is 33.7 Å². The molecule has 2 saturated heterocycles. The lowest BCUT2D eigenvalue weighted by molar-refractivity contribution is -0.201. The van der Waals surface area contributed by atoms with Crippen LogP contribution < -0.4 is 11.2 Å². The third-order valence-corrected chi connectivity index (χ3v) is 4.58. The molecule has 156 valence electrons. The van der Waals surface area contributed by atoms with Crippen LogP contribution in [-0.2, 0) is 23.7 Å². The molecular formula is C17H25N3O8. The Bertz CT molecular complexity index is 767. The van der Waals surface area contributed by atoms with Crippen LogP contribution in [0.4, 0.5) is 10.6 Å². The smallest absolute Gasteiger partial charge is 0.431 e. The van der Waals surface area contributed by atoms with E-state index in [4.69, 9.17) is 28.9 Å². The SMILES string of the molecule is CC[C@H](C)OC(=O)OC[C@H]1O[C@@H](n2ccc(NO)nc2=O)[C@@H]2OC(C)(C)O[C@@H]21. The number of hydrogen-bond acceptors (Lipinski definition) is 10. The van der Waals surface area contributed by atoms with Crippen molar-refractivity contribution in [1.29, 1.82) is 0 Å². The van der Waals surface area contributed by atoms with Crippen LogP contribution in [0.15, 0.2) is 17.1 Å². The number of carbonyl (C=O) groups is 1. The minimum Gasteiger partial charge on any atom is -0.431 e. The highest BCUT2D eigenvalue weighted by Crippen LogP contribution is 2.42. The predicted octanol–water partition coefficient (Wildman–Crippen LogP) is 1.41. The van der Waals surface area contributed by atoms with E-state index in [2.05, 4.69) is 4.98 Å². The van der Waals surface area contributed by atoms with Crippen LogP contribution in [0, 0.1) is 0 Å². The summed E-state index contributed by atoms with van der Waals surface area (Å²) in [7, 11) is 0. The van der Waals surface area contributed by atoms with Crippen molar-refractivity contribution in [3.05, 3.63) is 22.7 Å². The fourth-order valence-electron chi connectivity index (χ4n) is 3.12. The Morgan fingerprint density at radius 1 is 1.43 bits per heavy atom. The largest absolute Gasteiger partial charge is 0.508 e. The van der Waals surface area contributed by atoms with Gasteiger partial charge < -0.3 is 23.7 Å². The second-order valence-corrected chi connectivity index (χ2v) is 7.14. The highest BCUT2D eigenvalue weighted by molar-refractivity contribution is 5.60. The van der Waals surface area contributed by atoms with Gasteiger partial charge in [0.05, 0.1) is 0 Å². The van der Waals surface area contributed by atoms with Gasteiger partial charge in [0.15, 0.2) is 17.8 Å². The van der Waals surface area contributed by atoms with Crippen molar-refractivity contribution in [2.24, 2.45) is 0 Å². The zero-order valence-corrected chi connectivity index (χ0v) is 16.2. The van der Waals surface area contributed by atoms with Crippen LogP contribution in [0.1, 0.15) is 40.3 Å². The molecule has 2 fully saturated rings. The van der Waals surface area contributed by atoms with Gasteiger partial charge in [-0.25, -0.2) is 9.59 Å². The molecule has 2 aliphatic rings. The van der Waals surface area contributed by atoms with Crippen molar-refractivity contribution in [3.8, 4) is 0 Å². The molecule has 2 N–H and O–H groups in total. The molecule has 5 atom stereocenters. The second kappa shape index (κ2) is 8.03. The van der Waals surface area contributed by atoms with Gasteiger partial charge in [0, 0.05) is 6.20 Å². The topological polar surface area (TPSA) is 130 Å². The minimum atomic E-state index is -0.892. The number of aromatic nitrogens is 2. The predicted molar refractivity (Wildman–Crippen MR) is 93.8 cm³/mol. The number of hydrogen-bond donors (Lipinski definition) is 2. The molecule has 0 saturated carbocycles. The van der Waals surface area contributed by atoms with E-state index >= 15 is 0 Å². The molecule has 11 heteroatoms. The van der Waals surface area contributed by atoms with Crippen molar-refractivity contribution >= 4 is 12.0 Å². The van der Waals surface area contributed by atoms with Gasteiger partial charge in [-0.15, -0.1) is 0 Å². The summed E-state index contributed by atoms with van der Waals surface area (Å²) in [5, 5.41) is 8.88. The zero-order valence-electron chi connectivity index (χ0n) is 16.2. The Labute approximate surface area is 161 Å². The van der Waals surface area contributed by atoms with Crippen molar-refractivity contribution in [2.75, 3.05) is 12.1 Å². The summed E-state index contributed by atoms with van der Waals surface area (Å²) in [6.45, 7) is 7.03. The Hall–Kier alpha value is -2.21. The molecule has 2 aliphatic heterocycles. The van der Waals surface area contributed by atoms with Gasteiger partial charge in [-0.3, -0.25) is 15.3 Å². The molecular weight excluding hydrogens is 374 g/mol. The first-order chi connectivity index (χ1) is 13.2. The van der Waals surface area contributed by atoms with E-state index in [9.17, 15) is 9.59 Å². The van der Waals surface area contributed by atoms with E-state index in [-0.39, 0.29) is 18.5 Å². The van der Waals surface area contributed by atoms with Crippen LogP contribution in [-0.4, -0.2) is 57.7 Å². The standard InChI is InChI=1S/C17H25N3O8/c1-5-9(2)25-16(22)24-8-10-12-13(28-17(3,4)27-12)14(26-10)20-7-6-11(19-23)18-15(20)21/h6-7,9-10,12-14,23H,5,8H2,1-4H3,(H,18,19,21)/t9-,10+,12+,13+,14+/m0/s1. The third kappa shape index (κ3) is 4.27. The van der Waals surface area contributed by atoms with Gasteiger partial charge in [-0.1, -0.05) is 6.92 Å². The van der Waals surface area contributed by atoms with Crippen molar-refractivity contribution in [2.45, 2.75) is 70.5 Å². The number of nitrogens with zero attached hydrogens (tertiary/aromatic N) is 2. The zero-order chi connectivity index (χ0) is 20.5. The van der Waals surface area contributed by atoms with Crippen LogP contribution in [0.5, 0.6) is 0 Å². The monoisotopic (exact) mass is 399 g/mol. The lowest BCUT2D eigenvalue weighted by Gasteiger charge is -2.24. The fourth-order valence-corrected chi connectivity index (χ4v) is 3.12. The third-order valence-electron chi connectivity index (χ3n) is 4.58. The van der Waals surface area contributed by atoms with Gasteiger partial charge in [0.2, 0.25) is 0 Å². The number of anilines is 1. The molecule has 0 radical (unpaired) electrons. The summed E-state index contributed by atoms with van der Waals surface area (Å²) in [6.07, 6.45) is -1.63. The maximum atomic E-state index is 12.3. The van der Waals surface area contributed by atoms with Crippen LogP contribution in [0.25, 0.3) is 0 Å². The fraction of sp³-hybridized carbons (Fsp3) is 0.706. The second-order valence-electron chi connectivity index (χ2n) is 7.14. The molecule has 0 aromatic carbocycles. The summed E-state index contributed by atoms with van der Waals surface area (Å²) >= 11 is 0. The molecule has 0 bridgehead atoms. The maximum Gasteiger partial charge on any atom is 0.508 e. The van der Waals surface area contributed by atoms with Crippen LogP contribution in [0.2, 0.25) is 0 Å². The van der Waals surface area contributed by atoms with E-state index < -0.39 is 42.2 Å². The summed E-state index contributed by atoms with van der Waals surface area (Å²) in [6, 6.07) is 1.41. The first-order valence-electron chi connectivity index (χ1n) is 9.08. The van der Waals surface area contributed by atoms with Crippen molar-refractivity contribution in [3.63, 3.8) is 0 Å². The van der Waals surface area contributed by atoms with Gasteiger partial charge in [-0.05, 0) is 33.3 Å². The van der Waals surface area contributed by atoms with E-state index in [1.54, 1.807) is 20.8 Å². The number of carbonyl (C=O) groups excluding carboxylic acids is 1. The van der Waals surface area contributed by atoms with E-state index in [1.807, 2.05) is 12.4 Å². The quantitative estimate of drug-likeness (QED) is 0.535. The van der Waals surface area contributed by atoms with Gasteiger partial charge in [0.25, 0.3) is 0 Å². The van der Waals surface area contributed by atoms with Crippen LogP contribution >= 0.6 is 0 Å². The molecule has 0 spiro atoms. The Morgan fingerprint density at radius 3 is 2.79 bits per heavy atom.